The van der Waals surface area contributed by atoms with E-state index in [0.717, 1.165) is 42.8 Å². The summed E-state index contributed by atoms with van der Waals surface area (Å²) in [5.74, 6) is 2.32. The summed E-state index contributed by atoms with van der Waals surface area (Å²) in [7, 11) is 0. The summed E-state index contributed by atoms with van der Waals surface area (Å²) < 4.78 is 5.46. The lowest BCUT2D eigenvalue weighted by molar-refractivity contribution is -0.130. The van der Waals surface area contributed by atoms with Gasteiger partial charge in [-0.2, -0.15) is 0 Å². The van der Waals surface area contributed by atoms with Crippen LogP contribution in [0, 0.1) is 0 Å². The molecule has 0 bridgehead atoms. The van der Waals surface area contributed by atoms with Crippen LogP contribution in [0.1, 0.15) is 30.3 Å². The van der Waals surface area contributed by atoms with Gasteiger partial charge in [0.2, 0.25) is 5.91 Å². The molecule has 0 aromatic carbocycles. The van der Waals surface area contributed by atoms with Crippen LogP contribution in [0.3, 0.4) is 0 Å². The van der Waals surface area contributed by atoms with Crippen molar-refractivity contribution in [3.05, 3.63) is 24.2 Å². The van der Waals surface area contributed by atoms with Crippen LogP contribution in [0.4, 0.5) is 0 Å². The second-order valence-electron chi connectivity index (χ2n) is 4.34. The van der Waals surface area contributed by atoms with E-state index in [1.54, 1.807) is 6.26 Å². The highest BCUT2D eigenvalue weighted by molar-refractivity contribution is 9.09. The summed E-state index contributed by atoms with van der Waals surface area (Å²) in [5.41, 5.74) is 0. The maximum Gasteiger partial charge on any atom is 0.222 e. The van der Waals surface area contributed by atoms with Crippen LogP contribution in [-0.4, -0.2) is 35.0 Å². The van der Waals surface area contributed by atoms with Gasteiger partial charge in [-0.15, -0.1) is 11.8 Å². The summed E-state index contributed by atoms with van der Waals surface area (Å²) in [6, 6.07) is 3.96. The molecule has 1 fully saturated rings. The average molecular weight is 332 g/mol. The minimum Gasteiger partial charge on any atom is -0.468 e. The van der Waals surface area contributed by atoms with E-state index in [1.165, 1.54) is 0 Å². The fourth-order valence-corrected chi connectivity index (χ4v) is 3.56. The van der Waals surface area contributed by atoms with Crippen molar-refractivity contribution in [1.82, 2.24) is 4.90 Å². The highest BCUT2D eigenvalue weighted by atomic mass is 79.9. The van der Waals surface area contributed by atoms with Gasteiger partial charge in [-0.05, 0) is 25.0 Å². The molecular formula is C13H18BrNO2S. The molecule has 0 spiro atoms. The molecule has 0 radical (unpaired) electrons. The molecule has 1 aliphatic heterocycles. The Hall–Kier alpha value is -0.420. The highest BCUT2D eigenvalue weighted by Crippen LogP contribution is 2.34. The maximum absolute atomic E-state index is 12.0. The molecule has 2 heterocycles. The van der Waals surface area contributed by atoms with Crippen LogP contribution in [0.15, 0.2) is 22.8 Å². The van der Waals surface area contributed by atoms with Crippen LogP contribution in [0.2, 0.25) is 0 Å². The molecule has 3 nitrogen and oxygen atoms in total. The van der Waals surface area contributed by atoms with Crippen molar-refractivity contribution in [2.75, 3.05) is 24.2 Å². The first-order valence-electron chi connectivity index (χ1n) is 6.30. The van der Waals surface area contributed by atoms with Crippen molar-refractivity contribution in [2.45, 2.75) is 24.5 Å². The van der Waals surface area contributed by atoms with E-state index in [1.807, 2.05) is 28.8 Å². The molecule has 1 aromatic heterocycles. The number of carbonyl (C=O) groups excluding carboxylic acids is 1. The van der Waals surface area contributed by atoms with Crippen molar-refractivity contribution < 1.29 is 9.21 Å². The van der Waals surface area contributed by atoms with Crippen LogP contribution in [0.5, 0.6) is 0 Å². The molecule has 1 aliphatic rings. The van der Waals surface area contributed by atoms with Crippen molar-refractivity contribution in [2.24, 2.45) is 0 Å². The van der Waals surface area contributed by atoms with Crippen molar-refractivity contribution >= 4 is 33.6 Å². The lowest BCUT2D eigenvalue weighted by atomic mass is 10.2. The largest absolute Gasteiger partial charge is 0.468 e. The number of carbonyl (C=O) groups is 1. The third-order valence-electron chi connectivity index (χ3n) is 3.08. The van der Waals surface area contributed by atoms with Gasteiger partial charge < -0.3 is 9.32 Å². The van der Waals surface area contributed by atoms with Gasteiger partial charge in [-0.1, -0.05) is 15.9 Å². The average Bonchev–Trinajstić information content (AvgIpc) is 2.80. The summed E-state index contributed by atoms with van der Waals surface area (Å²) in [6.45, 7) is 1.71. The van der Waals surface area contributed by atoms with Crippen molar-refractivity contribution in [3.63, 3.8) is 0 Å². The van der Waals surface area contributed by atoms with E-state index in [9.17, 15) is 4.79 Å². The molecule has 0 aliphatic carbocycles. The number of halogens is 1. The molecule has 18 heavy (non-hydrogen) atoms. The van der Waals surface area contributed by atoms with E-state index in [-0.39, 0.29) is 5.91 Å². The van der Waals surface area contributed by atoms with Gasteiger partial charge in [-0.25, -0.2) is 0 Å². The zero-order chi connectivity index (χ0) is 12.8. The van der Waals surface area contributed by atoms with Crippen LogP contribution < -0.4 is 0 Å². The Bertz CT molecular complexity index is 369. The van der Waals surface area contributed by atoms with Crippen LogP contribution >= 0.6 is 27.7 Å². The van der Waals surface area contributed by atoms with E-state index in [0.29, 0.717) is 11.7 Å². The molecule has 1 unspecified atom stereocenters. The van der Waals surface area contributed by atoms with Crippen molar-refractivity contribution in [1.29, 1.82) is 0 Å². The minimum atomic E-state index is 0.287. The summed E-state index contributed by atoms with van der Waals surface area (Å²) in [4.78, 5) is 14.0. The quantitative estimate of drug-likeness (QED) is 0.792. The lowest BCUT2D eigenvalue weighted by Crippen LogP contribution is -2.32. The Kier molecular flexibility index (Phi) is 5.63. The molecule has 1 amide bonds. The fraction of sp³-hybridized carbons (Fsp3) is 0.615. The zero-order valence-electron chi connectivity index (χ0n) is 10.3. The Balaban J connectivity index is 1.86. The lowest BCUT2D eigenvalue weighted by Gasteiger charge is -2.19. The van der Waals surface area contributed by atoms with E-state index < -0.39 is 0 Å². The monoisotopic (exact) mass is 331 g/mol. The first-order chi connectivity index (χ1) is 8.81. The van der Waals surface area contributed by atoms with Gasteiger partial charge in [0.05, 0.1) is 11.5 Å². The highest BCUT2D eigenvalue weighted by Gasteiger charge is 2.22. The molecule has 0 N–H and O–H groups in total. The van der Waals surface area contributed by atoms with Crippen LogP contribution in [-0.2, 0) is 4.79 Å². The molecule has 2 rings (SSSR count). The number of furan rings is 1. The Morgan fingerprint density at radius 1 is 1.56 bits per heavy atom. The molecule has 5 heteroatoms. The van der Waals surface area contributed by atoms with Gasteiger partial charge in [0.25, 0.3) is 0 Å². The van der Waals surface area contributed by atoms with Crippen molar-refractivity contribution in [3.8, 4) is 0 Å². The van der Waals surface area contributed by atoms with Gasteiger partial charge in [0.1, 0.15) is 5.76 Å². The zero-order valence-corrected chi connectivity index (χ0v) is 12.7. The standard InChI is InChI=1S/C13H18BrNO2S/c14-6-1-4-13(16)15-7-5-12(18-10-8-15)11-3-2-9-17-11/h2-3,9,12H,1,4-8,10H2. The number of rotatable bonds is 4. The number of amides is 1. The predicted octanol–water partition coefficient (Wildman–Crippen LogP) is 3.46. The second kappa shape index (κ2) is 7.24. The molecular weight excluding hydrogens is 314 g/mol. The van der Waals surface area contributed by atoms with Gasteiger partial charge >= 0.3 is 0 Å². The fourth-order valence-electron chi connectivity index (χ4n) is 2.10. The number of alkyl halides is 1. The Labute approximate surface area is 120 Å². The third-order valence-corrected chi connectivity index (χ3v) is 4.93. The summed E-state index contributed by atoms with van der Waals surface area (Å²) in [6.07, 6.45) is 4.28. The smallest absolute Gasteiger partial charge is 0.222 e. The molecule has 1 saturated heterocycles. The number of hydrogen-bond acceptors (Lipinski definition) is 3. The van der Waals surface area contributed by atoms with Gasteiger partial charge in [-0.3, -0.25) is 4.79 Å². The molecule has 1 aromatic rings. The molecule has 0 saturated carbocycles. The predicted molar refractivity (Wildman–Crippen MR) is 78.1 cm³/mol. The molecule has 1 atom stereocenters. The number of hydrogen-bond donors (Lipinski definition) is 0. The Morgan fingerprint density at radius 3 is 3.17 bits per heavy atom. The van der Waals surface area contributed by atoms with Crippen LogP contribution in [0.25, 0.3) is 0 Å². The summed E-state index contributed by atoms with van der Waals surface area (Å²) in [5, 5.41) is 1.30. The Morgan fingerprint density at radius 2 is 2.44 bits per heavy atom. The number of nitrogens with zero attached hydrogens (tertiary/aromatic N) is 1. The van der Waals surface area contributed by atoms with Gasteiger partial charge in [0.15, 0.2) is 0 Å². The third kappa shape index (κ3) is 3.79. The van der Waals surface area contributed by atoms with E-state index in [2.05, 4.69) is 15.9 Å². The topological polar surface area (TPSA) is 33.5 Å². The second-order valence-corrected chi connectivity index (χ2v) is 6.44. The van der Waals surface area contributed by atoms with Gasteiger partial charge in [0, 0.05) is 30.6 Å². The SMILES string of the molecule is O=C(CCCBr)N1CCSC(c2ccco2)CC1. The molecule has 100 valence electrons. The number of thioether (sulfide) groups is 1. The first-order valence-corrected chi connectivity index (χ1v) is 8.47. The normalized spacial score (nSPS) is 20.7. The first kappa shape index (κ1) is 14.0. The minimum absolute atomic E-state index is 0.287. The van der Waals surface area contributed by atoms with E-state index >= 15 is 0 Å². The maximum atomic E-state index is 12.0. The van der Waals surface area contributed by atoms with E-state index in [4.69, 9.17) is 4.42 Å². The summed E-state index contributed by atoms with van der Waals surface area (Å²) >= 11 is 5.26.